The van der Waals surface area contributed by atoms with Crippen molar-refractivity contribution in [2.24, 2.45) is 0 Å². The molecule has 1 heterocycles. The molecule has 0 fully saturated rings. The summed E-state index contributed by atoms with van der Waals surface area (Å²) in [6, 6.07) is 6.03. The Morgan fingerprint density at radius 2 is 2.31 bits per heavy atom. The summed E-state index contributed by atoms with van der Waals surface area (Å²) in [5.41, 5.74) is 2.51. The second-order valence-electron chi connectivity index (χ2n) is 3.14. The lowest BCUT2D eigenvalue weighted by Gasteiger charge is -2.26. The lowest BCUT2D eigenvalue weighted by atomic mass is 10.1. The fourth-order valence-electron chi connectivity index (χ4n) is 1.64. The average Bonchev–Trinajstić information content (AvgIpc) is 2.17. The summed E-state index contributed by atoms with van der Waals surface area (Å²) in [7, 11) is 0. The molecule has 0 saturated heterocycles. The van der Waals surface area contributed by atoms with E-state index < -0.39 is 0 Å². The molecule has 1 aliphatic rings. The Morgan fingerprint density at radius 1 is 1.46 bits per heavy atom. The topological polar surface area (TPSA) is 3.24 Å². The van der Waals surface area contributed by atoms with Crippen LogP contribution in [0.1, 0.15) is 12.5 Å². The number of likely N-dealkylation sites (N-methyl/N-ethyl adjacent to an activating group) is 1. The zero-order valence-electron chi connectivity index (χ0n) is 7.63. The van der Waals surface area contributed by atoms with E-state index in [-0.39, 0.29) is 0 Å². The summed E-state index contributed by atoms with van der Waals surface area (Å²) >= 11 is 5.95. The molecule has 0 aliphatic carbocycles. The molecular formula is C11H12ClN. The summed E-state index contributed by atoms with van der Waals surface area (Å²) in [4.78, 5) is 2.31. The minimum absolute atomic E-state index is 0.813. The summed E-state index contributed by atoms with van der Waals surface area (Å²) in [5.74, 6) is 0. The van der Waals surface area contributed by atoms with Crippen LogP contribution < -0.4 is 4.90 Å². The molecule has 0 amide bonds. The van der Waals surface area contributed by atoms with Gasteiger partial charge in [0.25, 0.3) is 0 Å². The highest BCUT2D eigenvalue weighted by molar-refractivity contribution is 6.31. The summed E-state index contributed by atoms with van der Waals surface area (Å²) in [6.07, 6.45) is 4.33. The minimum atomic E-state index is 0.813. The second-order valence-corrected chi connectivity index (χ2v) is 3.58. The predicted molar refractivity (Wildman–Crippen MR) is 58.4 cm³/mol. The van der Waals surface area contributed by atoms with Gasteiger partial charge in [-0.25, -0.2) is 0 Å². The van der Waals surface area contributed by atoms with Crippen LogP contribution in [0, 0.1) is 0 Å². The molecule has 0 N–H and O–H groups in total. The van der Waals surface area contributed by atoms with Gasteiger partial charge in [-0.15, -0.1) is 0 Å². The number of benzene rings is 1. The molecule has 68 valence electrons. The van der Waals surface area contributed by atoms with E-state index in [2.05, 4.69) is 30.0 Å². The molecule has 13 heavy (non-hydrogen) atoms. The van der Waals surface area contributed by atoms with Gasteiger partial charge < -0.3 is 4.90 Å². The normalized spacial score (nSPS) is 14.5. The third-order valence-corrected chi connectivity index (χ3v) is 2.57. The molecular weight excluding hydrogens is 182 g/mol. The minimum Gasteiger partial charge on any atom is -0.368 e. The van der Waals surface area contributed by atoms with Crippen LogP contribution >= 0.6 is 11.6 Å². The molecule has 1 aromatic carbocycles. The highest BCUT2D eigenvalue weighted by atomic mass is 35.5. The molecule has 0 atom stereocenters. The molecule has 0 saturated carbocycles. The molecule has 2 rings (SSSR count). The van der Waals surface area contributed by atoms with Crippen LogP contribution in [0.15, 0.2) is 24.3 Å². The number of hydrogen-bond acceptors (Lipinski definition) is 1. The largest absolute Gasteiger partial charge is 0.368 e. The molecule has 1 aliphatic heterocycles. The summed E-state index contributed by atoms with van der Waals surface area (Å²) in [5, 5.41) is 0.813. The first-order chi connectivity index (χ1) is 6.31. The van der Waals surface area contributed by atoms with Crippen molar-refractivity contribution in [2.45, 2.75) is 6.92 Å². The van der Waals surface area contributed by atoms with E-state index in [1.807, 2.05) is 12.1 Å². The first kappa shape index (κ1) is 8.64. The SMILES string of the molecule is CCN1CC=Cc2ccc(Cl)cc21. The van der Waals surface area contributed by atoms with Gasteiger partial charge in [-0.05, 0) is 24.6 Å². The van der Waals surface area contributed by atoms with E-state index in [9.17, 15) is 0 Å². The van der Waals surface area contributed by atoms with Crippen LogP contribution in [0.2, 0.25) is 5.02 Å². The molecule has 1 aromatic rings. The van der Waals surface area contributed by atoms with Gasteiger partial charge in [0.2, 0.25) is 0 Å². The van der Waals surface area contributed by atoms with Crippen LogP contribution in [0.5, 0.6) is 0 Å². The summed E-state index contributed by atoms with van der Waals surface area (Å²) in [6.45, 7) is 4.17. The lowest BCUT2D eigenvalue weighted by Crippen LogP contribution is -2.25. The third kappa shape index (κ3) is 1.56. The standard InChI is InChI=1S/C11H12ClN/c1-2-13-7-3-4-9-5-6-10(12)8-11(9)13/h3-6,8H,2,7H2,1H3. The fraction of sp³-hybridized carbons (Fsp3) is 0.273. The van der Waals surface area contributed by atoms with Crippen molar-refractivity contribution in [3.8, 4) is 0 Å². The number of rotatable bonds is 1. The maximum atomic E-state index is 5.95. The Labute approximate surface area is 83.6 Å². The zero-order valence-corrected chi connectivity index (χ0v) is 8.38. The van der Waals surface area contributed by atoms with Gasteiger partial charge in [0.1, 0.15) is 0 Å². The van der Waals surface area contributed by atoms with Crippen LogP contribution in [0.4, 0.5) is 5.69 Å². The molecule has 0 spiro atoms. The smallest absolute Gasteiger partial charge is 0.0457 e. The van der Waals surface area contributed by atoms with Gasteiger partial charge >= 0.3 is 0 Å². The highest BCUT2D eigenvalue weighted by Crippen LogP contribution is 2.28. The van der Waals surface area contributed by atoms with E-state index in [0.29, 0.717) is 0 Å². The Hall–Kier alpha value is -0.950. The molecule has 2 heteroatoms. The second kappa shape index (κ2) is 3.43. The van der Waals surface area contributed by atoms with Crippen molar-refractivity contribution >= 4 is 23.4 Å². The van der Waals surface area contributed by atoms with E-state index in [0.717, 1.165) is 18.1 Å². The van der Waals surface area contributed by atoms with E-state index in [4.69, 9.17) is 11.6 Å². The van der Waals surface area contributed by atoms with Crippen molar-refractivity contribution in [1.82, 2.24) is 0 Å². The quantitative estimate of drug-likeness (QED) is 0.662. The van der Waals surface area contributed by atoms with Crippen molar-refractivity contribution < 1.29 is 0 Å². The van der Waals surface area contributed by atoms with Crippen LogP contribution in [0.25, 0.3) is 6.08 Å². The fourth-order valence-corrected chi connectivity index (χ4v) is 1.80. The van der Waals surface area contributed by atoms with Gasteiger partial charge in [-0.2, -0.15) is 0 Å². The summed E-state index contributed by atoms with van der Waals surface area (Å²) < 4.78 is 0. The van der Waals surface area contributed by atoms with Gasteiger partial charge in [0.15, 0.2) is 0 Å². The van der Waals surface area contributed by atoms with Gasteiger partial charge in [-0.3, -0.25) is 0 Å². The maximum absolute atomic E-state index is 5.95. The first-order valence-corrected chi connectivity index (χ1v) is 4.90. The van der Waals surface area contributed by atoms with E-state index in [1.165, 1.54) is 11.3 Å². The van der Waals surface area contributed by atoms with Crippen LogP contribution in [0.3, 0.4) is 0 Å². The molecule has 1 nitrogen and oxygen atoms in total. The van der Waals surface area contributed by atoms with E-state index in [1.54, 1.807) is 0 Å². The Balaban J connectivity index is 2.48. The van der Waals surface area contributed by atoms with Crippen molar-refractivity contribution in [3.05, 3.63) is 34.9 Å². The van der Waals surface area contributed by atoms with Crippen LogP contribution in [-0.2, 0) is 0 Å². The first-order valence-electron chi connectivity index (χ1n) is 4.52. The molecule has 0 aromatic heterocycles. The van der Waals surface area contributed by atoms with Gasteiger partial charge in [0, 0.05) is 23.8 Å². The predicted octanol–water partition coefficient (Wildman–Crippen LogP) is 3.19. The van der Waals surface area contributed by atoms with Gasteiger partial charge in [0.05, 0.1) is 0 Å². The molecule has 0 unspecified atom stereocenters. The van der Waals surface area contributed by atoms with Gasteiger partial charge in [-0.1, -0.05) is 29.8 Å². The van der Waals surface area contributed by atoms with Crippen molar-refractivity contribution in [1.29, 1.82) is 0 Å². The number of halogens is 1. The monoisotopic (exact) mass is 193 g/mol. The van der Waals surface area contributed by atoms with Crippen molar-refractivity contribution in [3.63, 3.8) is 0 Å². The van der Waals surface area contributed by atoms with E-state index >= 15 is 0 Å². The third-order valence-electron chi connectivity index (χ3n) is 2.34. The Morgan fingerprint density at radius 3 is 3.08 bits per heavy atom. The number of fused-ring (bicyclic) bond motifs is 1. The lowest BCUT2D eigenvalue weighted by molar-refractivity contribution is 0.899. The zero-order chi connectivity index (χ0) is 9.26. The number of hydrogen-bond donors (Lipinski definition) is 0. The van der Waals surface area contributed by atoms with Crippen molar-refractivity contribution in [2.75, 3.05) is 18.0 Å². The number of nitrogens with zero attached hydrogens (tertiary/aromatic N) is 1. The number of anilines is 1. The molecule has 0 radical (unpaired) electrons. The molecule has 0 bridgehead atoms. The highest BCUT2D eigenvalue weighted by Gasteiger charge is 2.10. The Bertz CT molecular complexity index is 344. The van der Waals surface area contributed by atoms with Crippen LogP contribution in [-0.4, -0.2) is 13.1 Å². The Kier molecular flexibility index (Phi) is 2.28. The maximum Gasteiger partial charge on any atom is 0.0457 e. The average molecular weight is 194 g/mol.